The molecule has 1 amide bonds. The van der Waals surface area contributed by atoms with Gasteiger partial charge in [-0.2, -0.15) is 0 Å². The summed E-state index contributed by atoms with van der Waals surface area (Å²) in [5, 5.41) is 3.44. The number of rotatable bonds is 2. The first kappa shape index (κ1) is 14.5. The first-order valence-corrected chi connectivity index (χ1v) is 7.96. The van der Waals surface area contributed by atoms with E-state index < -0.39 is 0 Å². The quantitative estimate of drug-likeness (QED) is 0.907. The molecule has 1 aromatic carbocycles. The van der Waals surface area contributed by atoms with Crippen molar-refractivity contribution in [3.05, 3.63) is 35.6 Å². The van der Waals surface area contributed by atoms with Crippen LogP contribution in [0.1, 0.15) is 37.7 Å². The van der Waals surface area contributed by atoms with Crippen molar-refractivity contribution >= 4 is 5.91 Å². The molecule has 1 heterocycles. The molecular weight excluding hydrogens is 267 g/mol. The third-order valence-corrected chi connectivity index (χ3v) is 4.92. The zero-order chi connectivity index (χ0) is 14.7. The molecule has 1 aromatic rings. The highest BCUT2D eigenvalue weighted by Gasteiger charge is 2.41. The Balaban J connectivity index is 1.77. The van der Waals surface area contributed by atoms with Gasteiger partial charge in [-0.25, -0.2) is 4.39 Å². The average molecular weight is 290 g/mol. The standard InChI is InChI=1S/C17H23FN2O/c18-15-7-3-2-6-14(15)12-16(21)20-11-10-19-13-17(20)8-4-1-5-9-17/h2-3,6-7,19H,1,4-5,8-13H2. The van der Waals surface area contributed by atoms with E-state index >= 15 is 0 Å². The van der Waals surface area contributed by atoms with Crippen LogP contribution in [0.2, 0.25) is 0 Å². The van der Waals surface area contributed by atoms with Crippen LogP contribution >= 0.6 is 0 Å². The van der Waals surface area contributed by atoms with Crippen LogP contribution in [0, 0.1) is 5.82 Å². The number of nitrogens with zero attached hydrogens (tertiary/aromatic N) is 1. The highest BCUT2D eigenvalue weighted by molar-refractivity contribution is 5.80. The topological polar surface area (TPSA) is 32.3 Å². The monoisotopic (exact) mass is 290 g/mol. The van der Waals surface area contributed by atoms with Crippen LogP contribution in [0.5, 0.6) is 0 Å². The van der Waals surface area contributed by atoms with E-state index in [9.17, 15) is 9.18 Å². The molecule has 1 saturated heterocycles. The summed E-state index contributed by atoms with van der Waals surface area (Å²) in [6.45, 7) is 2.47. The second-order valence-electron chi connectivity index (χ2n) is 6.28. The summed E-state index contributed by atoms with van der Waals surface area (Å²) in [5.41, 5.74) is 0.478. The fourth-order valence-corrected chi connectivity index (χ4v) is 3.79. The lowest BCUT2D eigenvalue weighted by atomic mass is 9.78. The third kappa shape index (κ3) is 2.95. The largest absolute Gasteiger partial charge is 0.334 e. The van der Waals surface area contributed by atoms with Crippen LogP contribution in [-0.4, -0.2) is 36.0 Å². The number of amides is 1. The van der Waals surface area contributed by atoms with Gasteiger partial charge >= 0.3 is 0 Å². The van der Waals surface area contributed by atoms with E-state index in [0.717, 1.165) is 32.5 Å². The highest BCUT2D eigenvalue weighted by atomic mass is 19.1. The number of hydrogen-bond donors (Lipinski definition) is 1. The van der Waals surface area contributed by atoms with Crippen molar-refractivity contribution in [3.63, 3.8) is 0 Å². The van der Waals surface area contributed by atoms with E-state index in [1.165, 1.54) is 25.3 Å². The lowest BCUT2D eigenvalue weighted by Crippen LogP contribution is -2.64. The SMILES string of the molecule is O=C(Cc1ccccc1F)N1CCNCC12CCCCC2. The zero-order valence-corrected chi connectivity index (χ0v) is 12.4. The van der Waals surface area contributed by atoms with Crippen LogP contribution in [0.15, 0.2) is 24.3 Å². The summed E-state index contributed by atoms with van der Waals surface area (Å²) in [6.07, 6.45) is 5.95. The van der Waals surface area contributed by atoms with E-state index in [1.54, 1.807) is 18.2 Å². The van der Waals surface area contributed by atoms with Gasteiger partial charge in [0.2, 0.25) is 5.91 Å². The van der Waals surface area contributed by atoms with Gasteiger partial charge in [-0.15, -0.1) is 0 Å². The van der Waals surface area contributed by atoms with Crippen LogP contribution in [0.3, 0.4) is 0 Å². The second-order valence-corrected chi connectivity index (χ2v) is 6.28. The summed E-state index contributed by atoms with van der Waals surface area (Å²) in [6, 6.07) is 6.59. The van der Waals surface area contributed by atoms with Crippen molar-refractivity contribution in [3.8, 4) is 0 Å². The molecule has 1 N–H and O–H groups in total. The van der Waals surface area contributed by atoms with Crippen molar-refractivity contribution in [2.45, 2.75) is 44.1 Å². The van der Waals surface area contributed by atoms with Crippen molar-refractivity contribution < 1.29 is 9.18 Å². The smallest absolute Gasteiger partial charge is 0.227 e. The Morgan fingerprint density at radius 2 is 2.00 bits per heavy atom. The summed E-state index contributed by atoms with van der Waals surface area (Å²) in [5.74, 6) is -0.206. The Morgan fingerprint density at radius 1 is 1.24 bits per heavy atom. The Kier molecular flexibility index (Phi) is 4.24. The maximum Gasteiger partial charge on any atom is 0.227 e. The molecule has 114 valence electrons. The van der Waals surface area contributed by atoms with Gasteiger partial charge in [-0.05, 0) is 24.5 Å². The third-order valence-electron chi connectivity index (χ3n) is 4.92. The Bertz CT molecular complexity index is 503. The molecule has 1 spiro atoms. The molecule has 0 radical (unpaired) electrons. The molecule has 1 aliphatic carbocycles. The number of halogens is 1. The Hall–Kier alpha value is -1.42. The summed E-state index contributed by atoms with van der Waals surface area (Å²) in [4.78, 5) is 14.8. The molecule has 3 nitrogen and oxygen atoms in total. The van der Waals surface area contributed by atoms with Gasteiger partial charge < -0.3 is 10.2 Å². The van der Waals surface area contributed by atoms with Gasteiger partial charge in [0.15, 0.2) is 0 Å². The molecule has 0 bridgehead atoms. The van der Waals surface area contributed by atoms with Crippen molar-refractivity contribution in [2.24, 2.45) is 0 Å². The van der Waals surface area contributed by atoms with E-state index in [1.807, 2.05) is 4.90 Å². The van der Waals surface area contributed by atoms with Gasteiger partial charge in [0.05, 0.1) is 12.0 Å². The molecule has 0 aromatic heterocycles. The molecule has 2 fully saturated rings. The minimum Gasteiger partial charge on any atom is -0.334 e. The molecule has 21 heavy (non-hydrogen) atoms. The lowest BCUT2D eigenvalue weighted by molar-refractivity contribution is -0.140. The second kappa shape index (κ2) is 6.14. The number of carbonyl (C=O) groups is 1. The zero-order valence-electron chi connectivity index (χ0n) is 12.4. The molecular formula is C17H23FN2O. The normalized spacial score (nSPS) is 21.5. The van der Waals surface area contributed by atoms with Crippen molar-refractivity contribution in [1.82, 2.24) is 10.2 Å². The molecule has 1 saturated carbocycles. The van der Waals surface area contributed by atoms with E-state index in [0.29, 0.717) is 5.56 Å². The average Bonchev–Trinajstić information content (AvgIpc) is 2.51. The number of nitrogens with one attached hydrogen (secondary N) is 1. The molecule has 0 atom stereocenters. The van der Waals surface area contributed by atoms with E-state index in [2.05, 4.69) is 5.32 Å². The van der Waals surface area contributed by atoms with E-state index in [-0.39, 0.29) is 23.7 Å². The number of benzene rings is 1. The van der Waals surface area contributed by atoms with Crippen LogP contribution in [0.4, 0.5) is 4.39 Å². The van der Waals surface area contributed by atoms with Gasteiger partial charge in [0.1, 0.15) is 5.82 Å². The van der Waals surface area contributed by atoms with Crippen LogP contribution < -0.4 is 5.32 Å². The van der Waals surface area contributed by atoms with Crippen LogP contribution in [-0.2, 0) is 11.2 Å². The number of hydrogen-bond acceptors (Lipinski definition) is 2. The highest BCUT2D eigenvalue weighted by Crippen LogP contribution is 2.35. The maximum atomic E-state index is 13.8. The van der Waals surface area contributed by atoms with Gasteiger partial charge in [-0.3, -0.25) is 4.79 Å². The summed E-state index contributed by atoms with van der Waals surface area (Å²) < 4.78 is 13.8. The van der Waals surface area contributed by atoms with Gasteiger partial charge in [0.25, 0.3) is 0 Å². The van der Waals surface area contributed by atoms with Gasteiger partial charge in [-0.1, -0.05) is 37.5 Å². The predicted molar refractivity (Wildman–Crippen MR) is 80.5 cm³/mol. The minimum atomic E-state index is -0.279. The Morgan fingerprint density at radius 3 is 2.76 bits per heavy atom. The molecule has 4 heteroatoms. The fraction of sp³-hybridized carbons (Fsp3) is 0.588. The maximum absolute atomic E-state index is 13.8. The summed E-state index contributed by atoms with van der Waals surface area (Å²) >= 11 is 0. The number of carbonyl (C=O) groups excluding carboxylic acids is 1. The number of piperazine rings is 1. The predicted octanol–water partition coefficient (Wildman–Crippen LogP) is 2.50. The fourth-order valence-electron chi connectivity index (χ4n) is 3.79. The van der Waals surface area contributed by atoms with Gasteiger partial charge in [0, 0.05) is 19.6 Å². The molecule has 2 aliphatic rings. The van der Waals surface area contributed by atoms with Crippen molar-refractivity contribution in [1.29, 1.82) is 0 Å². The molecule has 0 unspecified atom stereocenters. The lowest BCUT2D eigenvalue weighted by Gasteiger charge is -2.50. The first-order chi connectivity index (χ1) is 10.2. The van der Waals surface area contributed by atoms with Crippen LogP contribution in [0.25, 0.3) is 0 Å². The van der Waals surface area contributed by atoms with Crippen molar-refractivity contribution in [2.75, 3.05) is 19.6 Å². The first-order valence-electron chi connectivity index (χ1n) is 7.96. The molecule has 3 rings (SSSR count). The minimum absolute atomic E-state index is 0.0289. The Labute approximate surface area is 125 Å². The summed E-state index contributed by atoms with van der Waals surface area (Å²) in [7, 11) is 0. The molecule has 1 aliphatic heterocycles. The van der Waals surface area contributed by atoms with E-state index in [4.69, 9.17) is 0 Å².